The molecule has 1 N–H and O–H groups in total. The summed E-state index contributed by atoms with van der Waals surface area (Å²) in [6, 6.07) is 3.96. The van der Waals surface area contributed by atoms with Gasteiger partial charge in [-0.1, -0.05) is 19.9 Å². The molecule has 0 amide bonds. The first-order chi connectivity index (χ1) is 8.06. The summed E-state index contributed by atoms with van der Waals surface area (Å²) in [5.74, 6) is -1.19. The maximum atomic E-state index is 13.7. The lowest BCUT2D eigenvalue weighted by Crippen LogP contribution is -2.51. The SMILES string of the molecule is CCC1(CC)C(O)CC1c1c(F)cccc1F. The van der Waals surface area contributed by atoms with E-state index in [9.17, 15) is 13.9 Å². The molecule has 0 aromatic heterocycles. The summed E-state index contributed by atoms with van der Waals surface area (Å²) in [5.41, 5.74) is -0.204. The van der Waals surface area contributed by atoms with Crippen molar-refractivity contribution in [3.63, 3.8) is 0 Å². The zero-order valence-electron chi connectivity index (χ0n) is 10.2. The molecule has 1 nitrogen and oxygen atoms in total. The summed E-state index contributed by atoms with van der Waals surface area (Å²) in [7, 11) is 0. The number of aliphatic hydroxyl groups excluding tert-OH is 1. The lowest BCUT2D eigenvalue weighted by molar-refractivity contribution is -0.0950. The van der Waals surface area contributed by atoms with Gasteiger partial charge in [-0.2, -0.15) is 0 Å². The van der Waals surface area contributed by atoms with E-state index in [4.69, 9.17) is 0 Å². The smallest absolute Gasteiger partial charge is 0.129 e. The van der Waals surface area contributed by atoms with E-state index in [1.54, 1.807) is 0 Å². The Balaban J connectivity index is 2.42. The molecule has 0 saturated heterocycles. The fraction of sp³-hybridized carbons (Fsp3) is 0.571. The van der Waals surface area contributed by atoms with Gasteiger partial charge in [0.05, 0.1) is 6.10 Å². The zero-order valence-corrected chi connectivity index (χ0v) is 10.2. The lowest BCUT2D eigenvalue weighted by Gasteiger charge is -2.53. The Morgan fingerprint density at radius 3 is 2.18 bits per heavy atom. The summed E-state index contributed by atoms with van der Waals surface area (Å²) < 4.78 is 27.5. The van der Waals surface area contributed by atoms with Crippen molar-refractivity contribution < 1.29 is 13.9 Å². The predicted molar refractivity (Wildman–Crippen MR) is 62.7 cm³/mol. The normalized spacial score (nSPS) is 26.6. The molecule has 1 aliphatic rings. The zero-order chi connectivity index (χ0) is 12.6. The molecule has 2 unspecified atom stereocenters. The molecular formula is C14H18F2O. The summed E-state index contributed by atoms with van der Waals surface area (Å²) in [6.07, 6.45) is 1.49. The average Bonchev–Trinajstić information content (AvgIpc) is 2.29. The highest BCUT2D eigenvalue weighted by Crippen LogP contribution is 2.58. The van der Waals surface area contributed by atoms with E-state index in [1.807, 2.05) is 13.8 Å². The lowest BCUT2D eigenvalue weighted by atomic mass is 9.53. The monoisotopic (exact) mass is 240 g/mol. The van der Waals surface area contributed by atoms with Gasteiger partial charge < -0.3 is 5.11 Å². The van der Waals surface area contributed by atoms with Gasteiger partial charge in [-0.15, -0.1) is 0 Å². The highest BCUT2D eigenvalue weighted by Gasteiger charge is 2.53. The molecular weight excluding hydrogens is 222 g/mol. The highest BCUT2D eigenvalue weighted by atomic mass is 19.1. The van der Waals surface area contributed by atoms with Crippen LogP contribution in [0, 0.1) is 17.0 Å². The molecule has 0 spiro atoms. The van der Waals surface area contributed by atoms with Crippen LogP contribution in [0.2, 0.25) is 0 Å². The predicted octanol–water partition coefficient (Wildman–Crippen LogP) is 3.62. The molecule has 0 aliphatic heterocycles. The molecule has 1 fully saturated rings. The van der Waals surface area contributed by atoms with Crippen LogP contribution in [0.15, 0.2) is 18.2 Å². The topological polar surface area (TPSA) is 20.2 Å². The van der Waals surface area contributed by atoms with E-state index in [2.05, 4.69) is 0 Å². The second-order valence-electron chi connectivity index (χ2n) is 4.88. The van der Waals surface area contributed by atoms with Crippen LogP contribution >= 0.6 is 0 Å². The minimum atomic E-state index is -0.492. The van der Waals surface area contributed by atoms with Crippen LogP contribution in [-0.4, -0.2) is 11.2 Å². The van der Waals surface area contributed by atoms with Crippen molar-refractivity contribution in [2.45, 2.75) is 45.1 Å². The van der Waals surface area contributed by atoms with Crippen LogP contribution in [0.25, 0.3) is 0 Å². The summed E-state index contributed by atoms with van der Waals surface area (Å²) in [6.45, 7) is 3.94. The van der Waals surface area contributed by atoms with Crippen molar-refractivity contribution in [2.24, 2.45) is 5.41 Å². The second-order valence-corrected chi connectivity index (χ2v) is 4.88. The van der Waals surface area contributed by atoms with Gasteiger partial charge in [0.1, 0.15) is 11.6 Å². The quantitative estimate of drug-likeness (QED) is 0.855. The van der Waals surface area contributed by atoms with Crippen LogP contribution in [0.5, 0.6) is 0 Å². The van der Waals surface area contributed by atoms with E-state index in [0.717, 1.165) is 12.8 Å². The van der Waals surface area contributed by atoms with E-state index in [0.29, 0.717) is 6.42 Å². The van der Waals surface area contributed by atoms with E-state index < -0.39 is 17.7 Å². The Morgan fingerprint density at radius 1 is 1.24 bits per heavy atom. The number of halogens is 2. The Morgan fingerprint density at radius 2 is 1.76 bits per heavy atom. The van der Waals surface area contributed by atoms with Gasteiger partial charge in [0.2, 0.25) is 0 Å². The number of hydrogen-bond donors (Lipinski definition) is 1. The Labute approximate surface area is 100 Å². The maximum Gasteiger partial charge on any atom is 0.129 e. The Hall–Kier alpha value is -0.960. The van der Waals surface area contributed by atoms with E-state index in [1.165, 1.54) is 18.2 Å². The second kappa shape index (κ2) is 4.37. The third-order valence-corrected chi connectivity index (χ3v) is 4.48. The maximum absolute atomic E-state index is 13.7. The molecule has 17 heavy (non-hydrogen) atoms. The fourth-order valence-electron chi connectivity index (χ4n) is 3.23. The van der Waals surface area contributed by atoms with Gasteiger partial charge in [-0.05, 0) is 31.4 Å². The highest BCUT2D eigenvalue weighted by molar-refractivity contribution is 5.30. The van der Waals surface area contributed by atoms with Gasteiger partial charge in [0.25, 0.3) is 0 Å². The van der Waals surface area contributed by atoms with Gasteiger partial charge in [0.15, 0.2) is 0 Å². The van der Waals surface area contributed by atoms with E-state index >= 15 is 0 Å². The molecule has 0 radical (unpaired) electrons. The van der Waals surface area contributed by atoms with Gasteiger partial charge in [0, 0.05) is 16.9 Å². The van der Waals surface area contributed by atoms with Crippen molar-refractivity contribution in [1.29, 1.82) is 0 Å². The first-order valence-electron chi connectivity index (χ1n) is 6.18. The number of benzene rings is 1. The van der Waals surface area contributed by atoms with Crippen LogP contribution in [0.4, 0.5) is 8.78 Å². The minimum Gasteiger partial charge on any atom is -0.393 e. The standard InChI is InChI=1S/C14H18F2O/c1-3-14(4-2)9(8-12(14)17)13-10(15)6-5-7-11(13)16/h5-7,9,12,17H,3-4,8H2,1-2H3. The van der Waals surface area contributed by atoms with Gasteiger partial charge in [-0.3, -0.25) is 0 Å². The third-order valence-electron chi connectivity index (χ3n) is 4.48. The number of hydrogen-bond acceptors (Lipinski definition) is 1. The van der Waals surface area contributed by atoms with Gasteiger partial charge in [-0.25, -0.2) is 8.78 Å². The van der Waals surface area contributed by atoms with Crippen molar-refractivity contribution >= 4 is 0 Å². The number of aliphatic hydroxyl groups is 1. The largest absolute Gasteiger partial charge is 0.393 e. The molecule has 0 bridgehead atoms. The molecule has 94 valence electrons. The fourth-order valence-corrected chi connectivity index (χ4v) is 3.23. The molecule has 2 rings (SSSR count). The summed E-state index contributed by atoms with van der Waals surface area (Å²) >= 11 is 0. The van der Waals surface area contributed by atoms with Crippen LogP contribution in [-0.2, 0) is 0 Å². The van der Waals surface area contributed by atoms with E-state index in [-0.39, 0.29) is 16.9 Å². The summed E-state index contributed by atoms with van der Waals surface area (Å²) in [4.78, 5) is 0. The van der Waals surface area contributed by atoms with Crippen LogP contribution in [0.1, 0.15) is 44.6 Å². The van der Waals surface area contributed by atoms with Crippen molar-refractivity contribution in [3.05, 3.63) is 35.4 Å². The minimum absolute atomic E-state index is 0.154. The number of rotatable bonds is 3. The molecule has 3 heteroatoms. The first kappa shape index (κ1) is 12.5. The van der Waals surface area contributed by atoms with Crippen LogP contribution < -0.4 is 0 Å². The molecule has 1 aliphatic carbocycles. The molecule has 1 aromatic rings. The molecule has 1 saturated carbocycles. The molecule has 2 atom stereocenters. The summed E-state index contributed by atoms with van der Waals surface area (Å²) in [5, 5.41) is 9.93. The third kappa shape index (κ3) is 1.68. The van der Waals surface area contributed by atoms with Crippen molar-refractivity contribution in [3.8, 4) is 0 Å². The van der Waals surface area contributed by atoms with Crippen LogP contribution in [0.3, 0.4) is 0 Å². The van der Waals surface area contributed by atoms with Gasteiger partial charge >= 0.3 is 0 Å². The first-order valence-corrected chi connectivity index (χ1v) is 6.18. The van der Waals surface area contributed by atoms with Crippen molar-refractivity contribution in [1.82, 2.24) is 0 Å². The average molecular weight is 240 g/mol. The Bertz CT molecular complexity index is 392. The Kier molecular flexibility index (Phi) is 3.21. The molecule has 0 heterocycles. The van der Waals surface area contributed by atoms with Crippen molar-refractivity contribution in [2.75, 3.05) is 0 Å². The molecule has 1 aromatic carbocycles.